The van der Waals surface area contributed by atoms with E-state index in [2.05, 4.69) is 10.3 Å². The Kier molecular flexibility index (Phi) is 6.14. The summed E-state index contributed by atoms with van der Waals surface area (Å²) >= 11 is 12.7. The maximum atomic E-state index is 12.1. The van der Waals surface area contributed by atoms with Gasteiger partial charge in [-0.05, 0) is 25.2 Å². The van der Waals surface area contributed by atoms with Gasteiger partial charge in [-0.1, -0.05) is 29.8 Å². The van der Waals surface area contributed by atoms with Crippen LogP contribution in [0.1, 0.15) is 22.2 Å². The zero-order chi connectivity index (χ0) is 16.1. The van der Waals surface area contributed by atoms with Crippen LogP contribution in [0.4, 0.5) is 0 Å². The van der Waals surface area contributed by atoms with Crippen LogP contribution < -0.4 is 5.32 Å². The van der Waals surface area contributed by atoms with Crippen LogP contribution in [-0.4, -0.2) is 24.5 Å². The number of thiazole rings is 1. The van der Waals surface area contributed by atoms with E-state index in [4.69, 9.17) is 28.6 Å². The number of methoxy groups -OCH3 is 1. The summed E-state index contributed by atoms with van der Waals surface area (Å²) in [6, 6.07) is 7.45. The van der Waals surface area contributed by atoms with Crippen molar-refractivity contribution in [1.29, 1.82) is 0 Å². The number of amides is 1. The highest BCUT2D eigenvalue weighted by molar-refractivity contribution is 7.73. The number of hydrogen-bond acceptors (Lipinski definition) is 4. The van der Waals surface area contributed by atoms with E-state index in [0.717, 1.165) is 16.1 Å². The molecule has 0 aliphatic rings. The lowest BCUT2D eigenvalue weighted by Crippen LogP contribution is -2.30. The van der Waals surface area contributed by atoms with E-state index in [1.165, 1.54) is 11.3 Å². The molecular weight excluding hydrogens is 340 g/mol. The van der Waals surface area contributed by atoms with Crippen LogP contribution in [0.3, 0.4) is 0 Å². The number of benzene rings is 1. The van der Waals surface area contributed by atoms with E-state index in [1.807, 2.05) is 25.1 Å². The summed E-state index contributed by atoms with van der Waals surface area (Å²) in [7, 11) is 1.60. The molecule has 118 valence electrons. The molecule has 0 aliphatic heterocycles. The lowest BCUT2D eigenvalue weighted by molar-refractivity contribution is -0.121. The highest BCUT2D eigenvalue weighted by atomic mass is 35.5. The van der Waals surface area contributed by atoms with Crippen molar-refractivity contribution in [3.8, 4) is 0 Å². The lowest BCUT2D eigenvalue weighted by atomic mass is 10.1. The third-order valence-electron chi connectivity index (χ3n) is 3.27. The molecular formula is C15H17ClN2O2S2. The van der Waals surface area contributed by atoms with Gasteiger partial charge < -0.3 is 15.0 Å². The minimum atomic E-state index is -0.275. The third kappa shape index (κ3) is 4.39. The molecule has 1 amide bonds. The Bertz CT molecular complexity index is 712. The summed E-state index contributed by atoms with van der Waals surface area (Å²) in [5.41, 5.74) is 1.81. The summed E-state index contributed by atoms with van der Waals surface area (Å²) < 4.78 is 6.11. The number of nitrogens with one attached hydrogen (secondary N) is 2. The van der Waals surface area contributed by atoms with Gasteiger partial charge in [0.15, 0.2) is 3.95 Å². The van der Waals surface area contributed by atoms with E-state index >= 15 is 0 Å². The molecule has 0 spiro atoms. The molecule has 1 aromatic heterocycles. The van der Waals surface area contributed by atoms with Gasteiger partial charge in [0.05, 0.1) is 6.42 Å². The number of halogens is 1. The summed E-state index contributed by atoms with van der Waals surface area (Å²) in [5, 5.41) is 3.51. The van der Waals surface area contributed by atoms with Crippen molar-refractivity contribution in [2.45, 2.75) is 19.4 Å². The molecule has 2 rings (SSSR count). The van der Waals surface area contributed by atoms with Gasteiger partial charge in [-0.3, -0.25) is 4.79 Å². The highest BCUT2D eigenvalue weighted by Gasteiger charge is 2.15. The number of ether oxygens (including phenoxy) is 1. The average molecular weight is 357 g/mol. The van der Waals surface area contributed by atoms with Crippen molar-refractivity contribution >= 4 is 41.1 Å². The first-order valence-corrected chi connectivity index (χ1v) is 8.34. The maximum Gasteiger partial charge on any atom is 0.225 e. The monoisotopic (exact) mass is 356 g/mol. The van der Waals surface area contributed by atoms with Crippen LogP contribution in [0.15, 0.2) is 24.3 Å². The lowest BCUT2D eigenvalue weighted by Gasteiger charge is -2.17. The van der Waals surface area contributed by atoms with Crippen LogP contribution in [0.2, 0.25) is 5.02 Å². The normalized spacial score (nSPS) is 12.1. The molecule has 0 saturated heterocycles. The quantitative estimate of drug-likeness (QED) is 0.774. The van der Waals surface area contributed by atoms with Gasteiger partial charge in [0.1, 0.15) is 6.10 Å². The van der Waals surface area contributed by atoms with Gasteiger partial charge in [0.25, 0.3) is 0 Å². The molecule has 0 fully saturated rings. The summed E-state index contributed by atoms with van der Waals surface area (Å²) in [5.74, 6) is -0.0672. The standard InChI is InChI=1S/C15H17ClN2O2S2/c1-9-13(22-15(21)18-9)7-14(19)17-8-12(20-2)10-5-3-4-6-11(10)16/h3-6,12H,7-8H2,1-2H3,(H,17,19)(H,18,21)/t12-/m0/s1. The van der Waals surface area contributed by atoms with Gasteiger partial charge in [-0.15, -0.1) is 11.3 Å². The SMILES string of the molecule is CO[C@@H](CNC(=O)Cc1sc(=S)[nH]c1C)c1ccccc1Cl. The van der Waals surface area contributed by atoms with Crippen LogP contribution in [0.5, 0.6) is 0 Å². The average Bonchev–Trinajstić information content (AvgIpc) is 2.79. The van der Waals surface area contributed by atoms with Gasteiger partial charge in [0, 0.05) is 34.8 Å². The van der Waals surface area contributed by atoms with E-state index in [0.29, 0.717) is 21.9 Å². The van der Waals surface area contributed by atoms with Crippen LogP contribution >= 0.6 is 35.2 Å². The molecule has 0 radical (unpaired) electrons. The number of aromatic amines is 1. The molecule has 0 saturated carbocycles. The Morgan fingerprint density at radius 2 is 2.23 bits per heavy atom. The Morgan fingerprint density at radius 1 is 1.50 bits per heavy atom. The van der Waals surface area contributed by atoms with E-state index in [1.54, 1.807) is 13.2 Å². The van der Waals surface area contributed by atoms with Crippen LogP contribution in [0, 0.1) is 10.9 Å². The first-order chi connectivity index (χ1) is 10.5. The minimum absolute atomic E-state index is 0.0672. The summed E-state index contributed by atoms with van der Waals surface area (Å²) in [4.78, 5) is 16.1. The van der Waals surface area contributed by atoms with Crippen molar-refractivity contribution in [1.82, 2.24) is 10.3 Å². The maximum absolute atomic E-state index is 12.1. The molecule has 1 atom stereocenters. The second-order valence-corrected chi connectivity index (χ2v) is 6.97. The first kappa shape index (κ1) is 17.1. The molecule has 22 heavy (non-hydrogen) atoms. The molecule has 4 nitrogen and oxygen atoms in total. The number of hydrogen-bond donors (Lipinski definition) is 2. The highest BCUT2D eigenvalue weighted by Crippen LogP contribution is 2.24. The Morgan fingerprint density at radius 3 is 2.82 bits per heavy atom. The zero-order valence-electron chi connectivity index (χ0n) is 12.3. The number of carbonyl (C=O) groups is 1. The van der Waals surface area contributed by atoms with Gasteiger partial charge in [-0.25, -0.2) is 0 Å². The van der Waals surface area contributed by atoms with Crippen molar-refractivity contribution in [3.05, 3.63) is 49.4 Å². The minimum Gasteiger partial charge on any atom is -0.375 e. The molecule has 1 heterocycles. The van der Waals surface area contributed by atoms with Gasteiger partial charge in [0.2, 0.25) is 5.91 Å². The van der Waals surface area contributed by atoms with E-state index in [-0.39, 0.29) is 12.0 Å². The van der Waals surface area contributed by atoms with Gasteiger partial charge >= 0.3 is 0 Å². The first-order valence-electron chi connectivity index (χ1n) is 6.73. The third-order valence-corrected chi connectivity index (χ3v) is 4.95. The van der Waals surface area contributed by atoms with E-state index < -0.39 is 0 Å². The number of rotatable bonds is 6. The smallest absolute Gasteiger partial charge is 0.225 e. The second kappa shape index (κ2) is 7.87. The van der Waals surface area contributed by atoms with Crippen LogP contribution in [0.25, 0.3) is 0 Å². The molecule has 0 aliphatic carbocycles. The summed E-state index contributed by atoms with van der Waals surface area (Å²) in [6.07, 6.45) is 0.0333. The fourth-order valence-corrected chi connectivity index (χ4v) is 3.62. The predicted octanol–water partition coefficient (Wildman–Crippen LogP) is 3.81. The molecule has 7 heteroatoms. The fourth-order valence-electron chi connectivity index (χ4n) is 2.08. The fraction of sp³-hybridized carbons (Fsp3) is 0.333. The Balaban J connectivity index is 1.96. The van der Waals surface area contributed by atoms with Crippen molar-refractivity contribution in [2.75, 3.05) is 13.7 Å². The number of aryl methyl sites for hydroxylation is 1. The van der Waals surface area contributed by atoms with Crippen molar-refractivity contribution in [2.24, 2.45) is 0 Å². The number of carbonyl (C=O) groups excluding carboxylic acids is 1. The van der Waals surface area contributed by atoms with Crippen molar-refractivity contribution in [3.63, 3.8) is 0 Å². The molecule has 2 N–H and O–H groups in total. The molecule has 2 aromatic rings. The second-order valence-electron chi connectivity index (χ2n) is 4.79. The number of H-pyrrole nitrogens is 1. The summed E-state index contributed by atoms with van der Waals surface area (Å²) in [6.45, 7) is 2.28. The van der Waals surface area contributed by atoms with Gasteiger partial charge in [-0.2, -0.15) is 0 Å². The largest absolute Gasteiger partial charge is 0.375 e. The molecule has 0 bridgehead atoms. The van der Waals surface area contributed by atoms with Crippen molar-refractivity contribution < 1.29 is 9.53 Å². The van der Waals surface area contributed by atoms with Crippen LogP contribution in [-0.2, 0) is 16.0 Å². The number of aromatic nitrogens is 1. The van der Waals surface area contributed by atoms with E-state index in [9.17, 15) is 4.79 Å². The molecule has 1 aromatic carbocycles. The molecule has 0 unspecified atom stereocenters. The zero-order valence-corrected chi connectivity index (χ0v) is 14.7. The Hall–Kier alpha value is -1.21. The predicted molar refractivity (Wildman–Crippen MR) is 92.2 cm³/mol. The topological polar surface area (TPSA) is 54.1 Å². The Labute approximate surface area is 143 Å².